The van der Waals surface area contributed by atoms with Crippen molar-refractivity contribution < 1.29 is 38.1 Å². The van der Waals surface area contributed by atoms with E-state index in [9.17, 15) is 19.2 Å². The van der Waals surface area contributed by atoms with Crippen molar-refractivity contribution in [1.29, 1.82) is 0 Å². The van der Waals surface area contributed by atoms with E-state index in [1.54, 1.807) is 6.08 Å². The summed E-state index contributed by atoms with van der Waals surface area (Å²) in [5.41, 5.74) is 1.02. The number of hydrogen-bond donors (Lipinski definition) is 1. The molecular formula is C26H32N4O8S. The first kappa shape index (κ1) is 29.8. The molecule has 3 rings (SSSR count). The Bertz CT molecular complexity index is 1220. The zero-order valence-corrected chi connectivity index (χ0v) is 23.2. The highest BCUT2D eigenvalue weighted by Crippen LogP contribution is 2.36. The van der Waals surface area contributed by atoms with Gasteiger partial charge >= 0.3 is 17.9 Å². The molecule has 39 heavy (non-hydrogen) atoms. The number of thioether (sulfide) groups is 1. The maximum atomic E-state index is 12.2. The molecule has 0 unspecified atom stereocenters. The van der Waals surface area contributed by atoms with Crippen molar-refractivity contribution in [2.24, 2.45) is 0 Å². The molecule has 13 heteroatoms. The third-order valence-corrected chi connectivity index (χ3v) is 6.78. The average molecular weight is 561 g/mol. The molecule has 210 valence electrons. The first-order valence-electron chi connectivity index (χ1n) is 12.2. The number of aromatic nitrogens is 3. The fraction of sp³-hybridized carbons (Fsp3) is 0.462. The van der Waals surface area contributed by atoms with Crippen molar-refractivity contribution in [3.8, 4) is 11.4 Å². The Morgan fingerprint density at radius 3 is 2.23 bits per heavy atom. The molecule has 0 radical (unpaired) electrons. The van der Waals surface area contributed by atoms with Crippen molar-refractivity contribution in [2.45, 2.75) is 76.1 Å². The largest absolute Gasteiger partial charge is 0.463 e. The number of carbonyl (C=O) groups is 4. The molecule has 1 aliphatic rings. The minimum Gasteiger partial charge on any atom is -0.463 e. The number of nitrogens with one attached hydrogen (secondary N) is 1. The van der Waals surface area contributed by atoms with Gasteiger partial charge in [-0.25, -0.2) is 0 Å². The van der Waals surface area contributed by atoms with Crippen LogP contribution < -0.4 is 5.32 Å². The Labute approximate surface area is 230 Å². The SMILES string of the molecule is C=CCn1c(S[C@H]2O[C@H](COC(C)=O)[C@@H](OC(C)=O)[C@H](OC(C)=O)[C@H]2NC(C)=O)nnc1-c1ccc(C)cc1. The lowest BCUT2D eigenvalue weighted by atomic mass is 9.97. The summed E-state index contributed by atoms with van der Waals surface area (Å²) in [6.07, 6.45) is -1.65. The molecule has 12 nitrogen and oxygen atoms in total. The highest BCUT2D eigenvalue weighted by Gasteiger charge is 2.51. The lowest BCUT2D eigenvalue weighted by Gasteiger charge is -2.44. The van der Waals surface area contributed by atoms with Gasteiger partial charge < -0.3 is 24.3 Å². The summed E-state index contributed by atoms with van der Waals surface area (Å²) in [5.74, 6) is -1.75. The molecule has 0 aliphatic carbocycles. The predicted octanol–water partition coefficient (Wildman–Crippen LogP) is 2.19. The third-order valence-electron chi connectivity index (χ3n) is 5.63. The number of carbonyl (C=O) groups excluding carboxylic acids is 4. The van der Waals surface area contributed by atoms with E-state index in [4.69, 9.17) is 18.9 Å². The van der Waals surface area contributed by atoms with Crippen LogP contribution in [0.4, 0.5) is 0 Å². The molecule has 1 saturated heterocycles. The number of benzene rings is 1. The van der Waals surface area contributed by atoms with Crippen LogP contribution in [0.2, 0.25) is 0 Å². The summed E-state index contributed by atoms with van der Waals surface area (Å²) in [6, 6.07) is 6.82. The highest BCUT2D eigenvalue weighted by atomic mass is 32.2. The topological polar surface area (TPSA) is 148 Å². The first-order valence-corrected chi connectivity index (χ1v) is 13.1. The molecule has 1 aromatic carbocycles. The quantitative estimate of drug-likeness (QED) is 0.259. The van der Waals surface area contributed by atoms with Gasteiger partial charge in [-0.05, 0) is 6.92 Å². The molecular weight excluding hydrogens is 528 g/mol. The first-order chi connectivity index (χ1) is 18.5. The van der Waals surface area contributed by atoms with Crippen molar-refractivity contribution in [3.63, 3.8) is 0 Å². The fourth-order valence-corrected chi connectivity index (χ4v) is 5.23. The Hall–Kier alpha value is -3.71. The van der Waals surface area contributed by atoms with Crippen molar-refractivity contribution in [3.05, 3.63) is 42.5 Å². The number of allylic oxidation sites excluding steroid dienone is 1. The molecule has 1 N–H and O–H groups in total. The van der Waals surface area contributed by atoms with Crippen LogP contribution in [0.1, 0.15) is 33.3 Å². The van der Waals surface area contributed by atoms with Crippen molar-refractivity contribution in [2.75, 3.05) is 6.61 Å². The molecule has 1 amide bonds. The molecule has 1 fully saturated rings. The minimum atomic E-state index is -1.17. The van der Waals surface area contributed by atoms with Gasteiger partial charge in [0.2, 0.25) is 5.91 Å². The van der Waals surface area contributed by atoms with Crippen molar-refractivity contribution >= 4 is 35.6 Å². The van der Waals surface area contributed by atoms with Crippen LogP contribution in [0.5, 0.6) is 0 Å². The van der Waals surface area contributed by atoms with E-state index in [1.807, 2.05) is 35.8 Å². The molecule has 1 aliphatic heterocycles. The number of rotatable bonds is 10. The van der Waals surface area contributed by atoms with Gasteiger partial charge in [-0.2, -0.15) is 0 Å². The van der Waals surface area contributed by atoms with Crippen LogP contribution in [-0.4, -0.2) is 75.0 Å². The monoisotopic (exact) mass is 560 g/mol. The van der Waals surface area contributed by atoms with E-state index in [-0.39, 0.29) is 6.61 Å². The Balaban J connectivity index is 2.04. The number of amides is 1. The van der Waals surface area contributed by atoms with Crippen LogP contribution in [0, 0.1) is 6.92 Å². The van der Waals surface area contributed by atoms with Gasteiger partial charge in [0, 0.05) is 39.8 Å². The Kier molecular flexibility index (Phi) is 10.2. The third kappa shape index (κ3) is 7.90. The minimum absolute atomic E-state index is 0.289. The second-order valence-corrected chi connectivity index (χ2v) is 9.97. The second kappa shape index (κ2) is 13.4. The van der Waals surface area contributed by atoms with E-state index < -0.39 is 53.6 Å². The van der Waals surface area contributed by atoms with Gasteiger partial charge in [-0.15, -0.1) is 16.8 Å². The summed E-state index contributed by atoms with van der Waals surface area (Å²) in [4.78, 5) is 47.8. The van der Waals surface area contributed by atoms with Gasteiger partial charge in [-0.3, -0.25) is 23.7 Å². The van der Waals surface area contributed by atoms with Gasteiger partial charge in [0.25, 0.3) is 0 Å². The molecule has 2 heterocycles. The van der Waals surface area contributed by atoms with E-state index >= 15 is 0 Å². The summed E-state index contributed by atoms with van der Waals surface area (Å²) in [7, 11) is 0. The number of ether oxygens (including phenoxy) is 4. The number of nitrogens with zero attached hydrogens (tertiary/aromatic N) is 3. The maximum absolute atomic E-state index is 12.2. The zero-order chi connectivity index (χ0) is 28.7. The van der Waals surface area contributed by atoms with Crippen LogP contribution in [0.3, 0.4) is 0 Å². The number of esters is 3. The molecule has 1 aromatic heterocycles. The maximum Gasteiger partial charge on any atom is 0.303 e. The van der Waals surface area contributed by atoms with Crippen molar-refractivity contribution in [1.82, 2.24) is 20.1 Å². The van der Waals surface area contributed by atoms with E-state index in [0.29, 0.717) is 17.5 Å². The van der Waals surface area contributed by atoms with Crippen LogP contribution in [0.15, 0.2) is 42.1 Å². The molecule has 0 bridgehead atoms. The summed E-state index contributed by atoms with van der Waals surface area (Å²) in [6.45, 7) is 10.8. The lowest BCUT2D eigenvalue weighted by molar-refractivity contribution is -0.211. The van der Waals surface area contributed by atoms with Crippen LogP contribution >= 0.6 is 11.8 Å². The lowest BCUT2D eigenvalue weighted by Crippen LogP contribution is -2.65. The summed E-state index contributed by atoms with van der Waals surface area (Å²) >= 11 is 1.12. The number of aryl methyl sites for hydroxylation is 1. The van der Waals surface area contributed by atoms with Crippen LogP contribution in [0.25, 0.3) is 11.4 Å². The highest BCUT2D eigenvalue weighted by molar-refractivity contribution is 7.99. The zero-order valence-electron chi connectivity index (χ0n) is 22.4. The fourth-order valence-electron chi connectivity index (χ4n) is 4.08. The normalized spacial score (nSPS) is 22.4. The van der Waals surface area contributed by atoms with Gasteiger partial charge in [0.05, 0.1) is 0 Å². The predicted molar refractivity (Wildman–Crippen MR) is 140 cm³/mol. The van der Waals surface area contributed by atoms with E-state index in [1.165, 1.54) is 27.7 Å². The summed E-state index contributed by atoms with van der Waals surface area (Å²) in [5, 5.41) is 11.9. The smallest absolute Gasteiger partial charge is 0.303 e. The standard InChI is InChI=1S/C26H32N4O8S/c1-7-12-30-24(19-10-8-14(2)9-11-19)28-29-26(30)39-25-21(27-15(3)31)23(37-18(6)34)22(36-17(5)33)20(38-25)13-35-16(4)32/h7-11,20-23,25H,1,12-13H2,2-6H3,(H,27,31)/t20-,21-,22-,23-,25-/m1/s1. The Morgan fingerprint density at radius 2 is 1.67 bits per heavy atom. The molecule has 0 spiro atoms. The second-order valence-electron chi connectivity index (χ2n) is 8.91. The summed E-state index contributed by atoms with van der Waals surface area (Å²) < 4.78 is 24.2. The Morgan fingerprint density at radius 1 is 1.03 bits per heavy atom. The van der Waals surface area contributed by atoms with E-state index in [0.717, 1.165) is 22.9 Å². The number of hydrogen-bond acceptors (Lipinski definition) is 11. The molecule has 0 saturated carbocycles. The van der Waals surface area contributed by atoms with Gasteiger partial charge in [0.15, 0.2) is 23.2 Å². The van der Waals surface area contributed by atoms with Crippen LogP contribution in [-0.2, 0) is 44.7 Å². The van der Waals surface area contributed by atoms with Gasteiger partial charge in [-0.1, -0.05) is 47.7 Å². The van der Waals surface area contributed by atoms with E-state index in [2.05, 4.69) is 22.1 Å². The molecule has 5 atom stereocenters. The molecule has 2 aromatic rings. The average Bonchev–Trinajstić information content (AvgIpc) is 3.23. The van der Waals surface area contributed by atoms with Gasteiger partial charge in [0.1, 0.15) is 24.2 Å².